The standard InChI is InChI=1S/C19H25N5O4/c1-26-10-11-28-18-3-2-16(14-21-18)23-19(25)22-13-15-4-5-20-17(12-15)24-6-8-27-9-7-24/h2-5,12,14H,6-11,13H2,1H3,(H2,22,23,25). The third-order valence-electron chi connectivity index (χ3n) is 4.13. The molecule has 28 heavy (non-hydrogen) atoms. The van der Waals surface area contributed by atoms with Gasteiger partial charge in [-0.25, -0.2) is 14.8 Å². The van der Waals surface area contributed by atoms with E-state index in [4.69, 9.17) is 14.2 Å². The first kappa shape index (κ1) is 19.8. The molecule has 2 aromatic heterocycles. The first-order valence-electron chi connectivity index (χ1n) is 9.15. The fraction of sp³-hybridized carbons (Fsp3) is 0.421. The molecule has 0 unspecified atom stereocenters. The summed E-state index contributed by atoms with van der Waals surface area (Å²) in [5.41, 5.74) is 1.56. The van der Waals surface area contributed by atoms with Crippen molar-refractivity contribution in [3.63, 3.8) is 0 Å². The largest absolute Gasteiger partial charge is 0.475 e. The van der Waals surface area contributed by atoms with Crippen LogP contribution in [0.2, 0.25) is 0 Å². The number of rotatable bonds is 8. The van der Waals surface area contributed by atoms with Gasteiger partial charge in [-0.15, -0.1) is 0 Å². The van der Waals surface area contributed by atoms with Crippen molar-refractivity contribution >= 4 is 17.5 Å². The lowest BCUT2D eigenvalue weighted by Gasteiger charge is -2.28. The second-order valence-electron chi connectivity index (χ2n) is 6.16. The van der Waals surface area contributed by atoms with E-state index < -0.39 is 0 Å². The van der Waals surface area contributed by atoms with Gasteiger partial charge in [-0.1, -0.05) is 0 Å². The predicted octanol–water partition coefficient (Wildman–Crippen LogP) is 1.66. The Morgan fingerprint density at radius 2 is 2.07 bits per heavy atom. The van der Waals surface area contributed by atoms with Crippen LogP contribution >= 0.6 is 0 Å². The summed E-state index contributed by atoms with van der Waals surface area (Å²) >= 11 is 0. The van der Waals surface area contributed by atoms with Gasteiger partial charge in [0.05, 0.1) is 31.7 Å². The molecule has 1 aliphatic heterocycles. The van der Waals surface area contributed by atoms with E-state index in [1.165, 1.54) is 0 Å². The first-order valence-corrected chi connectivity index (χ1v) is 9.15. The SMILES string of the molecule is COCCOc1ccc(NC(=O)NCc2ccnc(N3CCOCC3)c2)cn1. The van der Waals surface area contributed by atoms with Crippen LogP contribution in [0, 0.1) is 0 Å². The van der Waals surface area contributed by atoms with Gasteiger partial charge in [0.2, 0.25) is 5.88 Å². The summed E-state index contributed by atoms with van der Waals surface area (Å²) < 4.78 is 15.7. The number of nitrogens with one attached hydrogen (secondary N) is 2. The zero-order valence-corrected chi connectivity index (χ0v) is 15.9. The van der Waals surface area contributed by atoms with E-state index in [1.54, 1.807) is 31.6 Å². The van der Waals surface area contributed by atoms with E-state index in [9.17, 15) is 4.79 Å². The molecule has 1 fully saturated rings. The van der Waals surface area contributed by atoms with Crippen molar-refractivity contribution in [3.05, 3.63) is 42.2 Å². The zero-order valence-electron chi connectivity index (χ0n) is 15.9. The first-order chi connectivity index (χ1) is 13.7. The minimum Gasteiger partial charge on any atom is -0.475 e. The molecule has 2 N–H and O–H groups in total. The van der Waals surface area contributed by atoms with E-state index in [2.05, 4.69) is 25.5 Å². The lowest BCUT2D eigenvalue weighted by molar-refractivity contribution is 0.122. The van der Waals surface area contributed by atoms with Crippen LogP contribution in [0.25, 0.3) is 0 Å². The fourth-order valence-corrected chi connectivity index (χ4v) is 2.66. The molecule has 2 amide bonds. The van der Waals surface area contributed by atoms with Crippen LogP contribution in [0.5, 0.6) is 5.88 Å². The number of nitrogens with zero attached hydrogens (tertiary/aromatic N) is 3. The van der Waals surface area contributed by atoms with Crippen molar-refractivity contribution < 1.29 is 19.0 Å². The molecular weight excluding hydrogens is 362 g/mol. The summed E-state index contributed by atoms with van der Waals surface area (Å²) in [4.78, 5) is 22.9. The third-order valence-corrected chi connectivity index (χ3v) is 4.13. The van der Waals surface area contributed by atoms with Crippen molar-refractivity contribution in [1.82, 2.24) is 15.3 Å². The van der Waals surface area contributed by atoms with Crippen LogP contribution in [0.4, 0.5) is 16.3 Å². The Balaban J connectivity index is 1.46. The highest BCUT2D eigenvalue weighted by Crippen LogP contribution is 2.15. The Labute approximate surface area is 164 Å². The van der Waals surface area contributed by atoms with Gasteiger partial charge in [-0.2, -0.15) is 0 Å². The monoisotopic (exact) mass is 387 g/mol. The number of pyridine rings is 2. The van der Waals surface area contributed by atoms with Crippen molar-refractivity contribution in [1.29, 1.82) is 0 Å². The van der Waals surface area contributed by atoms with Gasteiger partial charge in [0.1, 0.15) is 12.4 Å². The van der Waals surface area contributed by atoms with E-state index in [0.29, 0.717) is 44.5 Å². The number of carbonyl (C=O) groups is 1. The number of urea groups is 1. The predicted molar refractivity (Wildman–Crippen MR) is 105 cm³/mol. The smallest absolute Gasteiger partial charge is 0.319 e. The summed E-state index contributed by atoms with van der Waals surface area (Å²) in [6, 6.07) is 7.00. The van der Waals surface area contributed by atoms with E-state index in [-0.39, 0.29) is 6.03 Å². The normalized spacial score (nSPS) is 13.8. The van der Waals surface area contributed by atoms with Crippen molar-refractivity contribution in [2.75, 3.05) is 56.8 Å². The topological polar surface area (TPSA) is 97.8 Å². The van der Waals surface area contributed by atoms with Crippen LogP contribution < -0.4 is 20.3 Å². The minimum absolute atomic E-state index is 0.306. The number of anilines is 2. The number of hydrogen-bond acceptors (Lipinski definition) is 7. The molecule has 3 heterocycles. The summed E-state index contributed by atoms with van der Waals surface area (Å²) in [5, 5.41) is 5.59. The second kappa shape index (κ2) is 10.4. The van der Waals surface area contributed by atoms with Crippen molar-refractivity contribution in [3.8, 4) is 5.88 Å². The molecule has 1 saturated heterocycles. The molecule has 150 valence electrons. The molecule has 0 radical (unpaired) electrons. The molecule has 3 rings (SSSR count). The number of morpholine rings is 1. The second-order valence-corrected chi connectivity index (χ2v) is 6.16. The molecule has 9 nitrogen and oxygen atoms in total. The Bertz CT molecular complexity index is 750. The lowest BCUT2D eigenvalue weighted by Crippen LogP contribution is -2.36. The molecule has 0 saturated carbocycles. The molecular formula is C19H25N5O4. The Hall–Kier alpha value is -2.91. The number of ether oxygens (including phenoxy) is 3. The van der Waals surface area contributed by atoms with Gasteiger partial charge in [-0.3, -0.25) is 0 Å². The third kappa shape index (κ3) is 6.07. The highest BCUT2D eigenvalue weighted by Gasteiger charge is 2.12. The van der Waals surface area contributed by atoms with Gasteiger partial charge in [0.25, 0.3) is 0 Å². The van der Waals surface area contributed by atoms with Gasteiger partial charge >= 0.3 is 6.03 Å². The van der Waals surface area contributed by atoms with Crippen LogP contribution in [-0.2, 0) is 16.0 Å². The summed E-state index contributed by atoms with van der Waals surface area (Å²) in [6.45, 7) is 4.37. The molecule has 0 spiro atoms. The number of methoxy groups -OCH3 is 1. The molecule has 0 bridgehead atoms. The Kier molecular flexibility index (Phi) is 7.39. The number of amides is 2. The molecule has 0 aromatic carbocycles. The summed E-state index contributed by atoms with van der Waals surface area (Å²) in [5.74, 6) is 1.38. The van der Waals surface area contributed by atoms with Crippen molar-refractivity contribution in [2.24, 2.45) is 0 Å². The highest BCUT2D eigenvalue weighted by atomic mass is 16.5. The van der Waals surface area contributed by atoms with E-state index >= 15 is 0 Å². The maximum atomic E-state index is 12.1. The van der Waals surface area contributed by atoms with Gasteiger partial charge in [0, 0.05) is 39.0 Å². The Morgan fingerprint density at radius 3 is 2.82 bits per heavy atom. The fourth-order valence-electron chi connectivity index (χ4n) is 2.66. The summed E-state index contributed by atoms with van der Waals surface area (Å²) in [7, 11) is 1.61. The van der Waals surface area contributed by atoms with Crippen molar-refractivity contribution in [2.45, 2.75) is 6.54 Å². The van der Waals surface area contributed by atoms with Gasteiger partial charge in [-0.05, 0) is 23.8 Å². The maximum absolute atomic E-state index is 12.1. The molecule has 0 atom stereocenters. The van der Waals surface area contributed by atoms with Crippen LogP contribution in [0.15, 0.2) is 36.7 Å². The van der Waals surface area contributed by atoms with Crippen LogP contribution in [-0.4, -0.2) is 62.6 Å². The van der Waals surface area contributed by atoms with E-state index in [1.807, 2.05) is 12.1 Å². The number of aromatic nitrogens is 2. The Morgan fingerprint density at radius 1 is 1.21 bits per heavy atom. The van der Waals surface area contributed by atoms with E-state index in [0.717, 1.165) is 24.5 Å². The molecule has 0 aliphatic carbocycles. The lowest BCUT2D eigenvalue weighted by atomic mass is 10.2. The summed E-state index contributed by atoms with van der Waals surface area (Å²) in [6.07, 6.45) is 3.30. The average Bonchev–Trinajstić information content (AvgIpc) is 2.75. The maximum Gasteiger partial charge on any atom is 0.319 e. The van der Waals surface area contributed by atoms with Crippen LogP contribution in [0.3, 0.4) is 0 Å². The minimum atomic E-state index is -0.306. The van der Waals surface area contributed by atoms with Gasteiger partial charge < -0.3 is 29.7 Å². The quantitative estimate of drug-likeness (QED) is 0.665. The van der Waals surface area contributed by atoms with Gasteiger partial charge in [0.15, 0.2) is 0 Å². The molecule has 2 aromatic rings. The highest BCUT2D eigenvalue weighted by molar-refractivity contribution is 5.88. The number of hydrogen-bond donors (Lipinski definition) is 2. The number of carbonyl (C=O) groups excluding carboxylic acids is 1. The molecule has 9 heteroatoms. The van der Waals surface area contributed by atoms with Crippen LogP contribution in [0.1, 0.15) is 5.56 Å². The zero-order chi connectivity index (χ0) is 19.6. The average molecular weight is 387 g/mol. The molecule has 1 aliphatic rings.